The molecule has 7 nitrogen and oxygen atoms in total. The van der Waals surface area contributed by atoms with Crippen LogP contribution in [-0.2, 0) is 9.47 Å². The molecule has 4 rings (SSSR count). The first-order valence-electron chi connectivity index (χ1n) is 10.3. The molecular formula is C23H25Cl2N3O4S. The Labute approximate surface area is 207 Å². The minimum Gasteiger partial charge on any atom is -0.465 e. The third-order valence-electron chi connectivity index (χ3n) is 5.41. The molecule has 1 aliphatic rings. The van der Waals surface area contributed by atoms with E-state index in [0.717, 1.165) is 28.9 Å². The first-order valence-corrected chi connectivity index (χ1v) is 11.5. The molecule has 2 aromatic carbocycles. The molecule has 0 atom stereocenters. The van der Waals surface area contributed by atoms with Crippen molar-refractivity contribution in [1.82, 2.24) is 9.88 Å². The molecule has 33 heavy (non-hydrogen) atoms. The highest BCUT2D eigenvalue weighted by Gasteiger charge is 2.23. The van der Waals surface area contributed by atoms with E-state index < -0.39 is 5.97 Å². The van der Waals surface area contributed by atoms with Gasteiger partial charge in [0.2, 0.25) is 0 Å². The van der Waals surface area contributed by atoms with Crippen LogP contribution in [0.25, 0.3) is 10.2 Å². The summed E-state index contributed by atoms with van der Waals surface area (Å²) in [7, 11) is 1.33. The predicted molar refractivity (Wildman–Crippen MR) is 133 cm³/mol. The number of amides is 1. The van der Waals surface area contributed by atoms with Gasteiger partial charge in [0.05, 0.1) is 36.1 Å². The molecule has 1 aromatic heterocycles. The van der Waals surface area contributed by atoms with Crippen LogP contribution in [0.5, 0.6) is 0 Å². The lowest BCUT2D eigenvalue weighted by molar-refractivity contribution is 0.0391. The number of aromatic nitrogens is 1. The maximum atomic E-state index is 13.5. The van der Waals surface area contributed by atoms with Crippen molar-refractivity contribution >= 4 is 62.6 Å². The highest BCUT2D eigenvalue weighted by Crippen LogP contribution is 2.33. The Morgan fingerprint density at radius 2 is 1.85 bits per heavy atom. The fourth-order valence-corrected chi connectivity index (χ4v) is 5.08. The zero-order chi connectivity index (χ0) is 22.7. The fraction of sp³-hybridized carbons (Fsp3) is 0.348. The average Bonchev–Trinajstić information content (AvgIpc) is 3.23. The first kappa shape index (κ1) is 25.4. The molecule has 1 amide bonds. The number of aryl methyl sites for hydroxylation is 1. The molecule has 0 spiro atoms. The summed E-state index contributed by atoms with van der Waals surface area (Å²) in [6, 6.07) is 10.2. The van der Waals surface area contributed by atoms with Crippen LogP contribution >= 0.6 is 35.3 Å². The Morgan fingerprint density at radius 1 is 1.18 bits per heavy atom. The second kappa shape index (κ2) is 11.3. The lowest BCUT2D eigenvalue weighted by atomic mass is 10.1. The topological polar surface area (TPSA) is 72.0 Å². The van der Waals surface area contributed by atoms with E-state index in [4.69, 9.17) is 26.1 Å². The van der Waals surface area contributed by atoms with Gasteiger partial charge >= 0.3 is 5.97 Å². The molecule has 0 saturated carbocycles. The van der Waals surface area contributed by atoms with Crippen LogP contribution in [0.15, 0.2) is 36.4 Å². The lowest BCUT2D eigenvalue weighted by Crippen LogP contribution is -2.43. The quantitative estimate of drug-likeness (QED) is 0.457. The van der Waals surface area contributed by atoms with Crippen molar-refractivity contribution in [2.45, 2.75) is 6.92 Å². The Morgan fingerprint density at radius 3 is 2.52 bits per heavy atom. The van der Waals surface area contributed by atoms with Crippen LogP contribution in [0.3, 0.4) is 0 Å². The Hall–Kier alpha value is -2.23. The summed E-state index contributed by atoms with van der Waals surface area (Å²) in [4.78, 5) is 34.0. The Bertz CT molecular complexity index is 1130. The first-order chi connectivity index (χ1) is 15.5. The summed E-state index contributed by atoms with van der Waals surface area (Å²) < 4.78 is 11.1. The van der Waals surface area contributed by atoms with Crippen molar-refractivity contribution in [3.8, 4) is 0 Å². The number of carbonyl (C=O) groups is 2. The number of carbonyl (C=O) groups excluding carboxylic acids is 2. The Balaban J connectivity index is 0.00000306. The van der Waals surface area contributed by atoms with Crippen LogP contribution in [0, 0.1) is 6.92 Å². The van der Waals surface area contributed by atoms with Crippen molar-refractivity contribution in [3.63, 3.8) is 0 Å². The van der Waals surface area contributed by atoms with Crippen molar-refractivity contribution in [2.24, 2.45) is 0 Å². The number of fused-ring (bicyclic) bond motifs is 1. The minimum absolute atomic E-state index is 0. The highest BCUT2D eigenvalue weighted by atomic mass is 35.5. The number of morpholine rings is 1. The number of halogens is 2. The largest absolute Gasteiger partial charge is 0.465 e. The van der Waals surface area contributed by atoms with E-state index in [2.05, 4.69) is 4.90 Å². The molecule has 176 valence electrons. The van der Waals surface area contributed by atoms with Gasteiger partial charge in [-0.2, -0.15) is 0 Å². The van der Waals surface area contributed by atoms with E-state index in [1.54, 1.807) is 29.2 Å². The molecule has 10 heteroatoms. The summed E-state index contributed by atoms with van der Waals surface area (Å²) in [6.45, 7) is 6.23. The zero-order valence-electron chi connectivity index (χ0n) is 18.4. The molecule has 1 saturated heterocycles. The van der Waals surface area contributed by atoms with Crippen molar-refractivity contribution in [2.75, 3.05) is 51.4 Å². The maximum absolute atomic E-state index is 13.5. The van der Waals surface area contributed by atoms with Gasteiger partial charge in [0.25, 0.3) is 5.91 Å². The molecule has 0 unspecified atom stereocenters. The number of methoxy groups -OCH3 is 1. The van der Waals surface area contributed by atoms with E-state index in [9.17, 15) is 9.59 Å². The van der Waals surface area contributed by atoms with Gasteiger partial charge in [0, 0.05) is 36.8 Å². The van der Waals surface area contributed by atoms with Gasteiger partial charge in [-0.3, -0.25) is 14.6 Å². The third-order valence-corrected chi connectivity index (χ3v) is 6.66. The van der Waals surface area contributed by atoms with Gasteiger partial charge in [-0.05, 0) is 48.9 Å². The van der Waals surface area contributed by atoms with Crippen molar-refractivity contribution in [1.29, 1.82) is 0 Å². The third kappa shape index (κ3) is 5.83. The molecule has 1 aliphatic heterocycles. The Kier molecular flexibility index (Phi) is 8.67. The zero-order valence-corrected chi connectivity index (χ0v) is 20.8. The van der Waals surface area contributed by atoms with Crippen molar-refractivity contribution in [3.05, 3.63) is 58.1 Å². The highest BCUT2D eigenvalue weighted by molar-refractivity contribution is 7.22. The summed E-state index contributed by atoms with van der Waals surface area (Å²) in [5.74, 6) is -0.607. The molecule has 3 aromatic rings. The SMILES string of the molecule is COC(=O)c1ccc(C(=O)N(CCN2CCOCC2)c2nc3c(C)cc(Cl)cc3s2)cc1.Cl. The second-order valence-corrected chi connectivity index (χ2v) is 8.99. The number of benzene rings is 2. The number of nitrogens with zero attached hydrogens (tertiary/aromatic N) is 3. The van der Waals surface area contributed by atoms with Crippen LogP contribution in [-0.4, -0.2) is 68.3 Å². The predicted octanol–water partition coefficient (Wildman–Crippen LogP) is 4.45. The van der Waals surface area contributed by atoms with E-state index in [0.29, 0.717) is 47.6 Å². The molecule has 0 radical (unpaired) electrons. The van der Waals surface area contributed by atoms with Gasteiger partial charge in [-0.15, -0.1) is 12.4 Å². The van der Waals surface area contributed by atoms with E-state index in [-0.39, 0.29) is 18.3 Å². The summed E-state index contributed by atoms with van der Waals surface area (Å²) >= 11 is 7.68. The molecule has 1 fully saturated rings. The van der Waals surface area contributed by atoms with Gasteiger partial charge in [0.1, 0.15) is 0 Å². The van der Waals surface area contributed by atoms with Gasteiger partial charge in [-0.1, -0.05) is 22.9 Å². The van der Waals surface area contributed by atoms with E-state index in [1.807, 2.05) is 19.1 Å². The standard InChI is InChI=1S/C23H24ClN3O4S.ClH/c1-15-13-18(24)14-19-20(15)25-23(32-19)27(8-7-26-9-11-31-12-10-26)21(28)16-3-5-17(6-4-16)22(29)30-2;/h3-6,13-14H,7-12H2,1-2H3;1H. The average molecular weight is 510 g/mol. The number of esters is 1. The normalized spacial score (nSPS) is 14.0. The number of hydrogen-bond acceptors (Lipinski definition) is 7. The molecular weight excluding hydrogens is 485 g/mol. The van der Waals surface area contributed by atoms with Crippen LogP contribution in [0.1, 0.15) is 26.3 Å². The molecule has 0 N–H and O–H groups in total. The summed E-state index contributed by atoms with van der Waals surface area (Å²) in [6.07, 6.45) is 0. The monoisotopic (exact) mass is 509 g/mol. The summed E-state index contributed by atoms with van der Waals surface area (Å²) in [5.41, 5.74) is 2.69. The number of thiazole rings is 1. The molecule has 2 heterocycles. The smallest absolute Gasteiger partial charge is 0.337 e. The van der Waals surface area contributed by atoms with Crippen molar-refractivity contribution < 1.29 is 19.1 Å². The molecule has 0 bridgehead atoms. The van der Waals surface area contributed by atoms with Gasteiger partial charge < -0.3 is 9.47 Å². The number of anilines is 1. The second-order valence-electron chi connectivity index (χ2n) is 7.55. The number of ether oxygens (including phenoxy) is 2. The van der Waals surface area contributed by atoms with Gasteiger partial charge in [0.15, 0.2) is 5.13 Å². The fourth-order valence-electron chi connectivity index (χ4n) is 3.63. The minimum atomic E-state index is -0.438. The van der Waals surface area contributed by atoms with Crippen LogP contribution in [0.4, 0.5) is 5.13 Å². The number of rotatable bonds is 6. The van der Waals surface area contributed by atoms with Gasteiger partial charge in [-0.25, -0.2) is 9.78 Å². The van der Waals surface area contributed by atoms with E-state index in [1.165, 1.54) is 18.4 Å². The van der Waals surface area contributed by atoms with Crippen LogP contribution in [0.2, 0.25) is 5.02 Å². The lowest BCUT2D eigenvalue weighted by Gasteiger charge is -2.29. The number of hydrogen-bond donors (Lipinski definition) is 0. The van der Waals surface area contributed by atoms with E-state index >= 15 is 0 Å². The summed E-state index contributed by atoms with van der Waals surface area (Å²) in [5, 5.41) is 1.27. The molecule has 0 aliphatic carbocycles. The maximum Gasteiger partial charge on any atom is 0.337 e. The van der Waals surface area contributed by atoms with Crippen LogP contribution < -0.4 is 4.90 Å².